The zero-order valence-corrected chi connectivity index (χ0v) is 10.3. The highest BCUT2D eigenvalue weighted by Crippen LogP contribution is 2.52. The summed E-state index contributed by atoms with van der Waals surface area (Å²) in [6.07, 6.45) is 0. The molecule has 17 heavy (non-hydrogen) atoms. The molecule has 1 aromatic carbocycles. The Kier molecular flexibility index (Phi) is 3.23. The van der Waals surface area contributed by atoms with Gasteiger partial charge in [0.25, 0.3) is 0 Å². The van der Waals surface area contributed by atoms with E-state index in [9.17, 15) is 17.9 Å². The Bertz CT molecular complexity index is 495. The number of hydrogen-bond donors (Lipinski definition) is 1. The zero-order valence-electron chi connectivity index (χ0n) is 9.51. The third-order valence-corrected chi connectivity index (χ3v) is 5.66. The molecule has 0 aromatic heterocycles. The maximum atomic E-state index is 12.8. The quantitative estimate of drug-likeness (QED) is 0.886. The van der Waals surface area contributed by atoms with Gasteiger partial charge >= 0.3 is 0 Å². The predicted molar refractivity (Wildman–Crippen MR) is 63.0 cm³/mol. The molecular weight excluding hydrogens is 243 g/mol. The van der Waals surface area contributed by atoms with E-state index in [4.69, 9.17) is 0 Å². The lowest BCUT2D eigenvalue weighted by Gasteiger charge is -2.00. The summed E-state index contributed by atoms with van der Waals surface area (Å²) in [6.45, 7) is 1.45. The van der Waals surface area contributed by atoms with E-state index in [-0.39, 0.29) is 30.0 Å². The first kappa shape index (κ1) is 12.5. The average Bonchev–Trinajstić information content (AvgIpc) is 3.05. The normalized spacial score (nSPS) is 28.1. The molecule has 0 spiro atoms. The van der Waals surface area contributed by atoms with Gasteiger partial charge in [-0.3, -0.25) is 0 Å². The van der Waals surface area contributed by atoms with Gasteiger partial charge in [-0.25, -0.2) is 12.8 Å². The second-order valence-corrected chi connectivity index (χ2v) is 6.79. The fourth-order valence-corrected chi connectivity index (χ4v) is 4.25. The number of hydrogen-bond acceptors (Lipinski definition) is 3. The van der Waals surface area contributed by atoms with E-state index in [0.29, 0.717) is 0 Å². The Morgan fingerprint density at radius 3 is 2.35 bits per heavy atom. The lowest BCUT2D eigenvalue weighted by atomic mass is 10.1. The van der Waals surface area contributed by atoms with Crippen molar-refractivity contribution in [1.82, 2.24) is 0 Å². The first-order valence-corrected chi connectivity index (χ1v) is 7.30. The van der Waals surface area contributed by atoms with Crippen molar-refractivity contribution in [2.75, 3.05) is 12.4 Å². The molecule has 2 rings (SSSR count). The molecule has 1 N–H and O–H groups in total. The van der Waals surface area contributed by atoms with Crippen molar-refractivity contribution in [3.05, 3.63) is 35.6 Å². The van der Waals surface area contributed by atoms with E-state index in [1.807, 2.05) is 0 Å². The van der Waals surface area contributed by atoms with Crippen molar-refractivity contribution < 1.29 is 17.9 Å². The van der Waals surface area contributed by atoms with Crippen LogP contribution < -0.4 is 0 Å². The van der Waals surface area contributed by atoms with Crippen LogP contribution in [0, 0.1) is 11.7 Å². The highest BCUT2D eigenvalue weighted by Gasteiger charge is 2.57. The second-order valence-electron chi connectivity index (χ2n) is 4.34. The molecule has 0 saturated heterocycles. The SMILES string of the molecule is CCS(=O)(=O)C1C(CO)C1c1ccc(F)cc1. The number of aliphatic hydroxyl groups excluding tert-OH is 1. The third kappa shape index (κ3) is 2.21. The largest absolute Gasteiger partial charge is 0.396 e. The van der Waals surface area contributed by atoms with Crippen molar-refractivity contribution in [2.24, 2.45) is 5.92 Å². The molecular formula is C12H15FO3S. The van der Waals surface area contributed by atoms with Crippen LogP contribution in [0.2, 0.25) is 0 Å². The molecule has 1 aliphatic rings. The summed E-state index contributed by atoms with van der Waals surface area (Å²) in [6, 6.07) is 5.82. The van der Waals surface area contributed by atoms with Gasteiger partial charge < -0.3 is 5.11 Å². The van der Waals surface area contributed by atoms with E-state index in [2.05, 4.69) is 0 Å². The van der Waals surface area contributed by atoms with Crippen LogP contribution in [0.3, 0.4) is 0 Å². The first-order valence-electron chi connectivity index (χ1n) is 5.59. The lowest BCUT2D eigenvalue weighted by Crippen LogP contribution is -2.13. The highest BCUT2D eigenvalue weighted by atomic mass is 32.2. The van der Waals surface area contributed by atoms with Gasteiger partial charge in [0.05, 0.1) is 5.25 Å². The Hall–Kier alpha value is -0.940. The minimum atomic E-state index is -3.15. The Balaban J connectivity index is 2.26. The number of benzene rings is 1. The summed E-state index contributed by atoms with van der Waals surface area (Å²) in [5, 5.41) is 8.67. The second kappa shape index (κ2) is 4.38. The van der Waals surface area contributed by atoms with E-state index < -0.39 is 15.1 Å². The molecule has 1 aliphatic carbocycles. The molecule has 0 heterocycles. The molecule has 0 bridgehead atoms. The lowest BCUT2D eigenvalue weighted by molar-refractivity contribution is 0.274. The highest BCUT2D eigenvalue weighted by molar-refractivity contribution is 7.92. The summed E-state index contributed by atoms with van der Waals surface area (Å²) in [7, 11) is -3.15. The van der Waals surface area contributed by atoms with Crippen LogP contribution in [0.5, 0.6) is 0 Å². The molecule has 1 aromatic rings. The van der Waals surface area contributed by atoms with Crippen LogP contribution in [-0.4, -0.2) is 31.1 Å². The topological polar surface area (TPSA) is 54.4 Å². The molecule has 0 amide bonds. The smallest absolute Gasteiger partial charge is 0.153 e. The van der Waals surface area contributed by atoms with Crippen LogP contribution in [0.1, 0.15) is 18.4 Å². The van der Waals surface area contributed by atoms with Gasteiger partial charge in [0.2, 0.25) is 0 Å². The number of sulfone groups is 1. The van der Waals surface area contributed by atoms with Crippen molar-refractivity contribution in [3.8, 4) is 0 Å². The minimum Gasteiger partial charge on any atom is -0.396 e. The third-order valence-electron chi connectivity index (χ3n) is 3.38. The van der Waals surface area contributed by atoms with Crippen LogP contribution in [-0.2, 0) is 9.84 Å². The average molecular weight is 258 g/mol. The van der Waals surface area contributed by atoms with Gasteiger partial charge in [-0.1, -0.05) is 19.1 Å². The van der Waals surface area contributed by atoms with E-state index in [1.165, 1.54) is 12.1 Å². The van der Waals surface area contributed by atoms with E-state index in [1.54, 1.807) is 19.1 Å². The van der Waals surface area contributed by atoms with E-state index >= 15 is 0 Å². The molecule has 0 aliphatic heterocycles. The molecule has 94 valence electrons. The van der Waals surface area contributed by atoms with Crippen LogP contribution in [0.15, 0.2) is 24.3 Å². The maximum Gasteiger partial charge on any atom is 0.153 e. The van der Waals surface area contributed by atoms with Crippen molar-refractivity contribution in [3.63, 3.8) is 0 Å². The van der Waals surface area contributed by atoms with Crippen molar-refractivity contribution in [2.45, 2.75) is 18.1 Å². The van der Waals surface area contributed by atoms with Gasteiger partial charge in [-0.05, 0) is 17.7 Å². The summed E-state index contributed by atoms with van der Waals surface area (Å²) in [5.41, 5.74) is 0.785. The van der Waals surface area contributed by atoms with Gasteiger partial charge in [0.15, 0.2) is 9.84 Å². The summed E-state index contributed by atoms with van der Waals surface area (Å²) in [4.78, 5) is 0. The molecule has 3 unspecified atom stereocenters. The fraction of sp³-hybridized carbons (Fsp3) is 0.500. The Labute approximate surface area is 100 Å². The molecule has 1 saturated carbocycles. The zero-order chi connectivity index (χ0) is 12.6. The van der Waals surface area contributed by atoms with Crippen molar-refractivity contribution >= 4 is 9.84 Å². The molecule has 5 heteroatoms. The van der Waals surface area contributed by atoms with Crippen molar-refractivity contribution in [1.29, 1.82) is 0 Å². The molecule has 3 nitrogen and oxygen atoms in total. The molecule has 1 fully saturated rings. The molecule has 0 radical (unpaired) electrons. The number of halogens is 1. The van der Waals surface area contributed by atoms with Crippen LogP contribution >= 0.6 is 0 Å². The fourth-order valence-electron chi connectivity index (χ4n) is 2.36. The van der Waals surface area contributed by atoms with Gasteiger partial charge in [0, 0.05) is 24.2 Å². The Morgan fingerprint density at radius 1 is 1.29 bits per heavy atom. The van der Waals surface area contributed by atoms with E-state index in [0.717, 1.165) is 5.56 Å². The van der Waals surface area contributed by atoms with Crippen LogP contribution in [0.25, 0.3) is 0 Å². The molecule has 3 atom stereocenters. The standard InChI is InChI=1S/C12H15FO3S/c1-2-17(15,16)12-10(7-14)11(12)8-3-5-9(13)6-4-8/h3-6,10-12,14H,2,7H2,1H3. The minimum absolute atomic E-state index is 0.0753. The van der Waals surface area contributed by atoms with Gasteiger partial charge in [-0.2, -0.15) is 0 Å². The van der Waals surface area contributed by atoms with Crippen LogP contribution in [0.4, 0.5) is 4.39 Å². The maximum absolute atomic E-state index is 12.8. The summed E-state index contributed by atoms with van der Waals surface area (Å²) >= 11 is 0. The van der Waals surface area contributed by atoms with Gasteiger partial charge in [-0.15, -0.1) is 0 Å². The first-order chi connectivity index (χ1) is 8.01. The summed E-state index contributed by atoms with van der Waals surface area (Å²) < 4.78 is 36.4. The number of aliphatic hydroxyl groups is 1. The monoisotopic (exact) mass is 258 g/mol. The predicted octanol–water partition coefficient (Wildman–Crippen LogP) is 1.33. The number of rotatable bonds is 4. The Morgan fingerprint density at radius 2 is 1.88 bits per heavy atom. The van der Waals surface area contributed by atoms with Gasteiger partial charge in [0.1, 0.15) is 5.82 Å². The summed E-state index contributed by atoms with van der Waals surface area (Å²) in [5.74, 6) is -0.702.